The second-order valence-corrected chi connectivity index (χ2v) is 4.78. The first-order valence-electron chi connectivity index (χ1n) is 6.93. The smallest absolute Gasteiger partial charge is 0.330 e. The summed E-state index contributed by atoms with van der Waals surface area (Å²) in [7, 11) is 0. The molecule has 6 heteroatoms. The number of nitrogens with one attached hydrogen (secondary N) is 1. The fourth-order valence-corrected chi connectivity index (χ4v) is 2.27. The molecule has 0 saturated carbocycles. The number of benzene rings is 1. The second kappa shape index (κ2) is 6.68. The Labute approximate surface area is 128 Å². The molecule has 114 valence electrons. The molecule has 0 fully saturated rings. The number of rotatable bonds is 5. The summed E-state index contributed by atoms with van der Waals surface area (Å²) in [6, 6.07) is 9.41. The van der Waals surface area contributed by atoms with Crippen molar-refractivity contribution in [1.82, 2.24) is 9.55 Å². The summed E-state index contributed by atoms with van der Waals surface area (Å²) < 4.78 is 1.34. The second-order valence-electron chi connectivity index (χ2n) is 4.78. The molecule has 0 spiro atoms. The summed E-state index contributed by atoms with van der Waals surface area (Å²) in [6.07, 6.45) is 5.32. The van der Waals surface area contributed by atoms with E-state index in [4.69, 9.17) is 12.2 Å². The van der Waals surface area contributed by atoms with Crippen molar-refractivity contribution in [3.05, 3.63) is 56.7 Å². The van der Waals surface area contributed by atoms with Crippen molar-refractivity contribution in [3.8, 4) is 12.3 Å². The minimum absolute atomic E-state index is 0.120. The van der Waals surface area contributed by atoms with Gasteiger partial charge in [0.1, 0.15) is 11.5 Å². The van der Waals surface area contributed by atoms with Gasteiger partial charge in [-0.15, -0.1) is 6.42 Å². The summed E-state index contributed by atoms with van der Waals surface area (Å²) >= 11 is 0. The molecule has 3 N–H and O–H groups in total. The quantitative estimate of drug-likeness (QED) is 0.793. The lowest BCUT2D eigenvalue weighted by Gasteiger charge is -2.22. The number of anilines is 2. The van der Waals surface area contributed by atoms with Gasteiger partial charge in [0.15, 0.2) is 0 Å². The lowest BCUT2D eigenvalue weighted by atomic mass is 10.2. The largest absolute Gasteiger partial charge is 0.383 e. The van der Waals surface area contributed by atoms with Crippen molar-refractivity contribution in [3.63, 3.8) is 0 Å². The molecular weight excluding hydrogens is 280 g/mol. The third-order valence-corrected chi connectivity index (χ3v) is 3.38. The van der Waals surface area contributed by atoms with E-state index in [1.807, 2.05) is 37.3 Å². The van der Waals surface area contributed by atoms with E-state index in [0.29, 0.717) is 6.54 Å². The third kappa shape index (κ3) is 3.04. The number of nitrogen functional groups attached to an aromatic ring is 1. The molecule has 1 aromatic heterocycles. The minimum Gasteiger partial charge on any atom is -0.383 e. The monoisotopic (exact) mass is 298 g/mol. The van der Waals surface area contributed by atoms with Crippen molar-refractivity contribution in [2.75, 3.05) is 23.7 Å². The van der Waals surface area contributed by atoms with Gasteiger partial charge in [0, 0.05) is 6.54 Å². The summed E-state index contributed by atoms with van der Waals surface area (Å²) in [4.78, 5) is 28.1. The number of nitrogens with two attached hydrogens (primary N) is 1. The number of hydrogen-bond acceptors (Lipinski definition) is 4. The molecular formula is C16H18N4O2. The average molecular weight is 298 g/mol. The molecule has 0 bridgehead atoms. The molecule has 0 aliphatic carbocycles. The molecule has 0 aliphatic heterocycles. The lowest BCUT2D eigenvalue weighted by Crippen LogP contribution is -2.38. The van der Waals surface area contributed by atoms with Gasteiger partial charge in [-0.3, -0.25) is 14.3 Å². The van der Waals surface area contributed by atoms with Gasteiger partial charge in [0.05, 0.1) is 13.1 Å². The molecule has 22 heavy (non-hydrogen) atoms. The van der Waals surface area contributed by atoms with Gasteiger partial charge >= 0.3 is 5.69 Å². The maximum absolute atomic E-state index is 12.1. The van der Waals surface area contributed by atoms with Crippen LogP contribution in [-0.4, -0.2) is 22.6 Å². The van der Waals surface area contributed by atoms with Crippen molar-refractivity contribution in [2.45, 2.75) is 13.5 Å². The normalized spacial score (nSPS) is 10.2. The SMILES string of the molecule is C#CCN(CC)c1c(N)n(Cc2ccccc2)c(=O)[nH]c1=O. The number of aromatic amines is 1. The van der Waals surface area contributed by atoms with Gasteiger partial charge in [-0.2, -0.15) is 0 Å². The Morgan fingerprint density at radius 2 is 2.00 bits per heavy atom. The molecule has 1 aromatic carbocycles. The van der Waals surface area contributed by atoms with Gasteiger partial charge in [0.25, 0.3) is 5.56 Å². The van der Waals surface area contributed by atoms with Crippen LogP contribution in [0.5, 0.6) is 0 Å². The fraction of sp³-hybridized carbons (Fsp3) is 0.250. The summed E-state index contributed by atoms with van der Waals surface area (Å²) in [5, 5.41) is 0. The average Bonchev–Trinajstić information content (AvgIpc) is 2.51. The molecule has 0 saturated heterocycles. The van der Waals surface area contributed by atoms with Crippen LogP contribution in [0.3, 0.4) is 0 Å². The first-order valence-corrected chi connectivity index (χ1v) is 6.93. The van der Waals surface area contributed by atoms with E-state index in [9.17, 15) is 9.59 Å². The van der Waals surface area contributed by atoms with Crippen molar-refractivity contribution >= 4 is 11.5 Å². The maximum Gasteiger partial charge on any atom is 0.330 e. The Balaban J connectivity index is 2.54. The van der Waals surface area contributed by atoms with E-state index in [0.717, 1.165) is 5.56 Å². The highest BCUT2D eigenvalue weighted by molar-refractivity contribution is 5.63. The molecule has 2 aromatic rings. The third-order valence-electron chi connectivity index (χ3n) is 3.38. The van der Waals surface area contributed by atoms with Crippen LogP contribution >= 0.6 is 0 Å². The summed E-state index contributed by atoms with van der Waals surface area (Å²) in [5.74, 6) is 2.61. The van der Waals surface area contributed by atoms with Gasteiger partial charge < -0.3 is 10.6 Å². The number of aromatic nitrogens is 2. The van der Waals surface area contributed by atoms with Crippen LogP contribution in [-0.2, 0) is 6.54 Å². The molecule has 0 unspecified atom stereocenters. The van der Waals surface area contributed by atoms with E-state index in [1.165, 1.54) is 4.57 Å². The molecule has 0 atom stereocenters. The number of H-pyrrole nitrogens is 1. The van der Waals surface area contributed by atoms with Crippen LogP contribution in [0.1, 0.15) is 12.5 Å². The first-order chi connectivity index (χ1) is 10.6. The number of hydrogen-bond donors (Lipinski definition) is 2. The highest BCUT2D eigenvalue weighted by Crippen LogP contribution is 2.16. The van der Waals surface area contributed by atoms with Gasteiger partial charge in [-0.25, -0.2) is 4.79 Å². The predicted molar refractivity (Wildman–Crippen MR) is 88.0 cm³/mol. The van der Waals surface area contributed by atoms with Crippen LogP contribution in [0, 0.1) is 12.3 Å². The number of nitrogens with zero attached hydrogens (tertiary/aromatic N) is 2. The van der Waals surface area contributed by atoms with Crippen molar-refractivity contribution < 1.29 is 0 Å². The Hall–Kier alpha value is -2.94. The van der Waals surface area contributed by atoms with E-state index in [2.05, 4.69) is 10.9 Å². The lowest BCUT2D eigenvalue weighted by molar-refractivity contribution is 0.725. The van der Waals surface area contributed by atoms with Gasteiger partial charge in [-0.1, -0.05) is 36.3 Å². The zero-order chi connectivity index (χ0) is 16.1. The van der Waals surface area contributed by atoms with E-state index < -0.39 is 11.2 Å². The highest BCUT2D eigenvalue weighted by atomic mass is 16.2. The van der Waals surface area contributed by atoms with Crippen molar-refractivity contribution in [2.24, 2.45) is 0 Å². The Kier molecular flexibility index (Phi) is 4.69. The van der Waals surface area contributed by atoms with Crippen LogP contribution in [0.25, 0.3) is 0 Å². The topological polar surface area (TPSA) is 84.1 Å². The standard InChI is InChI=1S/C16H18N4O2/c1-3-10-19(4-2)13-14(17)20(16(22)18-15(13)21)11-12-8-6-5-7-9-12/h1,5-9H,4,10-11,17H2,2H3,(H,18,21,22). The van der Waals surface area contributed by atoms with Gasteiger partial charge in [0.2, 0.25) is 0 Å². The molecule has 0 aliphatic rings. The van der Waals surface area contributed by atoms with Crippen LogP contribution in [0.4, 0.5) is 11.5 Å². The fourth-order valence-electron chi connectivity index (χ4n) is 2.27. The highest BCUT2D eigenvalue weighted by Gasteiger charge is 2.17. The Morgan fingerprint density at radius 1 is 1.32 bits per heavy atom. The minimum atomic E-state index is -0.535. The van der Waals surface area contributed by atoms with Crippen LogP contribution < -0.4 is 21.9 Å². The molecule has 0 amide bonds. The van der Waals surface area contributed by atoms with E-state index in [-0.39, 0.29) is 24.6 Å². The maximum atomic E-state index is 12.1. The molecule has 0 radical (unpaired) electrons. The van der Waals surface area contributed by atoms with Gasteiger partial charge in [-0.05, 0) is 12.5 Å². The van der Waals surface area contributed by atoms with Crippen molar-refractivity contribution in [1.29, 1.82) is 0 Å². The van der Waals surface area contributed by atoms with Crippen LogP contribution in [0.15, 0.2) is 39.9 Å². The molecule has 2 rings (SSSR count). The zero-order valence-electron chi connectivity index (χ0n) is 12.4. The zero-order valence-corrected chi connectivity index (χ0v) is 12.4. The van der Waals surface area contributed by atoms with Crippen LogP contribution in [0.2, 0.25) is 0 Å². The summed E-state index contributed by atoms with van der Waals surface area (Å²) in [6.45, 7) is 2.90. The summed E-state index contributed by atoms with van der Waals surface area (Å²) in [5.41, 5.74) is 6.16. The van der Waals surface area contributed by atoms with E-state index >= 15 is 0 Å². The predicted octanol–water partition coefficient (Wildman–Crippen LogP) is 0.627. The Bertz CT molecular complexity index is 800. The molecule has 1 heterocycles. The number of terminal acetylenes is 1. The van der Waals surface area contributed by atoms with E-state index in [1.54, 1.807) is 4.90 Å². The first kappa shape index (κ1) is 15.4. The Morgan fingerprint density at radius 3 is 2.59 bits per heavy atom. The molecule has 6 nitrogen and oxygen atoms in total.